The maximum absolute atomic E-state index is 12.5. The van der Waals surface area contributed by atoms with E-state index in [2.05, 4.69) is 5.18 Å². The number of hydrogen-bond acceptors (Lipinski definition) is 5. The molecule has 1 fully saturated rings. The minimum Gasteiger partial charge on any atom is -0.503 e. The molecule has 0 spiro atoms. The van der Waals surface area contributed by atoms with E-state index in [1.54, 1.807) is 30.5 Å². The predicted molar refractivity (Wildman–Crippen MR) is 101 cm³/mol. The first-order valence-corrected chi connectivity index (χ1v) is 8.86. The largest absolute Gasteiger partial charge is 0.503 e. The van der Waals surface area contributed by atoms with Crippen LogP contribution in [0.5, 0.6) is 5.75 Å². The lowest BCUT2D eigenvalue weighted by molar-refractivity contribution is 0.140. The van der Waals surface area contributed by atoms with E-state index in [1.807, 2.05) is 11.0 Å². The van der Waals surface area contributed by atoms with Gasteiger partial charge in [0.25, 0.3) is 5.56 Å². The first kappa shape index (κ1) is 19.1. The van der Waals surface area contributed by atoms with Gasteiger partial charge in [0.2, 0.25) is 0 Å². The van der Waals surface area contributed by atoms with Gasteiger partial charge in [-0.05, 0) is 23.8 Å². The Bertz CT molecular complexity index is 906. The molecule has 0 saturated carbocycles. The average Bonchev–Trinajstić information content (AvgIpc) is 2.68. The lowest BCUT2D eigenvalue weighted by Crippen LogP contribution is -2.47. The number of carbonyl (C=O) groups excluding carboxylic acids is 1. The van der Waals surface area contributed by atoms with E-state index in [4.69, 9.17) is 11.6 Å². The van der Waals surface area contributed by atoms with Crippen molar-refractivity contribution in [2.45, 2.75) is 13.1 Å². The van der Waals surface area contributed by atoms with E-state index in [0.29, 0.717) is 49.9 Å². The standard InChI is InChI=1S/C18H19ClN4O4/c19-15-3-1-2-13(10-15)11-23-5-4-14(16(24)17(23)25)12-21-6-8-22(9-7-21)18(26)20-27/h1-5,10,24H,6-9,11-12H2. The summed E-state index contributed by atoms with van der Waals surface area (Å²) in [6, 6.07) is 8.15. The second kappa shape index (κ2) is 8.32. The normalized spacial score (nSPS) is 14.9. The van der Waals surface area contributed by atoms with E-state index >= 15 is 0 Å². The number of pyridine rings is 1. The Morgan fingerprint density at radius 2 is 1.89 bits per heavy atom. The number of aromatic hydroxyl groups is 1. The van der Waals surface area contributed by atoms with Crippen molar-refractivity contribution in [2.24, 2.45) is 5.18 Å². The van der Waals surface area contributed by atoms with Gasteiger partial charge < -0.3 is 14.6 Å². The van der Waals surface area contributed by atoms with E-state index in [9.17, 15) is 19.6 Å². The quantitative estimate of drug-likeness (QED) is 0.808. The molecule has 1 aliphatic rings. The van der Waals surface area contributed by atoms with Gasteiger partial charge in [-0.1, -0.05) is 23.7 Å². The monoisotopic (exact) mass is 390 g/mol. The van der Waals surface area contributed by atoms with Crippen molar-refractivity contribution >= 4 is 17.6 Å². The minimum atomic E-state index is -0.763. The number of nitrogens with zero attached hydrogens (tertiary/aromatic N) is 4. The SMILES string of the molecule is O=NC(=O)N1CCN(Cc2ccn(Cc3cccc(Cl)c3)c(=O)c2O)CC1. The van der Waals surface area contributed by atoms with Crippen molar-refractivity contribution in [1.82, 2.24) is 14.4 Å². The van der Waals surface area contributed by atoms with Crippen molar-refractivity contribution in [2.75, 3.05) is 26.2 Å². The fourth-order valence-corrected chi connectivity index (χ4v) is 3.29. The highest BCUT2D eigenvalue weighted by molar-refractivity contribution is 6.30. The number of rotatable bonds is 4. The summed E-state index contributed by atoms with van der Waals surface area (Å²) < 4.78 is 1.43. The molecule has 8 nitrogen and oxygen atoms in total. The van der Waals surface area contributed by atoms with Crippen LogP contribution in [0.1, 0.15) is 11.1 Å². The van der Waals surface area contributed by atoms with Crippen LogP contribution in [0.15, 0.2) is 46.5 Å². The lowest BCUT2D eigenvalue weighted by Gasteiger charge is -2.33. The third kappa shape index (κ3) is 4.53. The molecule has 0 atom stereocenters. The molecule has 1 aliphatic heterocycles. The van der Waals surface area contributed by atoms with E-state index in [-0.39, 0.29) is 5.75 Å². The van der Waals surface area contributed by atoms with Crippen LogP contribution in [0, 0.1) is 4.91 Å². The van der Waals surface area contributed by atoms with E-state index < -0.39 is 11.6 Å². The Morgan fingerprint density at radius 3 is 2.56 bits per heavy atom. The summed E-state index contributed by atoms with van der Waals surface area (Å²) in [6.07, 6.45) is 1.65. The van der Waals surface area contributed by atoms with Crippen molar-refractivity contribution in [3.8, 4) is 5.75 Å². The Kier molecular flexibility index (Phi) is 5.88. The summed E-state index contributed by atoms with van der Waals surface area (Å²) in [5.74, 6) is -0.285. The highest BCUT2D eigenvalue weighted by atomic mass is 35.5. The number of amides is 2. The summed E-state index contributed by atoms with van der Waals surface area (Å²) in [6.45, 7) is 2.54. The summed E-state index contributed by atoms with van der Waals surface area (Å²) in [7, 11) is 0. The molecule has 1 N–H and O–H groups in total. The second-order valence-electron chi connectivity index (χ2n) is 6.39. The highest BCUT2D eigenvalue weighted by Gasteiger charge is 2.22. The molecule has 2 amide bonds. The molecule has 27 heavy (non-hydrogen) atoms. The first-order chi connectivity index (χ1) is 13.0. The fourth-order valence-electron chi connectivity index (χ4n) is 3.08. The highest BCUT2D eigenvalue weighted by Crippen LogP contribution is 2.17. The Morgan fingerprint density at radius 1 is 1.15 bits per heavy atom. The van der Waals surface area contributed by atoms with Gasteiger partial charge in [0.05, 0.1) is 6.54 Å². The summed E-state index contributed by atoms with van der Waals surface area (Å²) in [5.41, 5.74) is 0.920. The Labute approximate surface area is 160 Å². The zero-order chi connectivity index (χ0) is 19.4. The van der Waals surface area contributed by atoms with Gasteiger partial charge in [0, 0.05) is 54.7 Å². The maximum atomic E-state index is 12.5. The molecule has 0 radical (unpaired) electrons. The lowest BCUT2D eigenvalue weighted by atomic mass is 10.2. The molecule has 2 aromatic rings. The first-order valence-electron chi connectivity index (χ1n) is 8.48. The summed E-state index contributed by atoms with van der Waals surface area (Å²) >= 11 is 5.96. The predicted octanol–water partition coefficient (Wildman–Crippen LogP) is 2.26. The van der Waals surface area contributed by atoms with Crippen LogP contribution in [0.2, 0.25) is 5.02 Å². The summed E-state index contributed by atoms with van der Waals surface area (Å²) in [5, 5.41) is 13.3. The third-order valence-electron chi connectivity index (χ3n) is 4.58. The van der Waals surface area contributed by atoms with Gasteiger partial charge in [0.15, 0.2) is 5.75 Å². The van der Waals surface area contributed by atoms with E-state index in [1.165, 1.54) is 9.47 Å². The Hall–Kier alpha value is -2.71. The number of nitroso groups, excluding NO2 is 1. The van der Waals surface area contributed by atoms with Crippen LogP contribution >= 0.6 is 11.6 Å². The maximum Gasteiger partial charge on any atom is 0.381 e. The Balaban J connectivity index is 1.68. The van der Waals surface area contributed by atoms with Gasteiger partial charge in [-0.15, -0.1) is 4.91 Å². The van der Waals surface area contributed by atoms with Crippen molar-refractivity contribution in [1.29, 1.82) is 0 Å². The third-order valence-corrected chi connectivity index (χ3v) is 4.82. The number of aromatic nitrogens is 1. The number of carbonyl (C=O) groups is 1. The smallest absolute Gasteiger partial charge is 0.381 e. The van der Waals surface area contributed by atoms with Crippen LogP contribution in [0.3, 0.4) is 0 Å². The zero-order valence-electron chi connectivity index (χ0n) is 14.5. The van der Waals surface area contributed by atoms with Crippen LogP contribution in [0.4, 0.5) is 4.79 Å². The molecule has 9 heteroatoms. The fraction of sp³-hybridized carbons (Fsp3) is 0.333. The zero-order valence-corrected chi connectivity index (χ0v) is 15.3. The van der Waals surface area contributed by atoms with Crippen LogP contribution in [-0.4, -0.2) is 51.7 Å². The molecular formula is C18H19ClN4O4. The minimum absolute atomic E-state index is 0.285. The molecule has 1 saturated heterocycles. The molecule has 0 unspecified atom stereocenters. The topological polar surface area (TPSA) is 95.2 Å². The molecular weight excluding hydrogens is 372 g/mol. The second-order valence-corrected chi connectivity index (χ2v) is 6.83. The molecule has 3 rings (SSSR count). The van der Waals surface area contributed by atoms with Crippen molar-refractivity contribution < 1.29 is 9.90 Å². The van der Waals surface area contributed by atoms with Gasteiger partial charge in [-0.25, -0.2) is 4.79 Å². The van der Waals surface area contributed by atoms with Gasteiger partial charge in [-0.3, -0.25) is 9.69 Å². The molecule has 0 aliphatic carbocycles. The molecule has 1 aromatic carbocycles. The number of benzene rings is 1. The number of piperazine rings is 1. The van der Waals surface area contributed by atoms with Crippen molar-refractivity contribution in [3.05, 3.63) is 67.9 Å². The number of hydrogen-bond donors (Lipinski definition) is 1. The van der Waals surface area contributed by atoms with Gasteiger partial charge >= 0.3 is 6.03 Å². The van der Waals surface area contributed by atoms with Crippen LogP contribution in [-0.2, 0) is 13.1 Å². The van der Waals surface area contributed by atoms with Crippen LogP contribution in [0.25, 0.3) is 0 Å². The molecule has 0 bridgehead atoms. The number of urea groups is 1. The van der Waals surface area contributed by atoms with Gasteiger partial charge in [-0.2, -0.15) is 0 Å². The average molecular weight is 391 g/mol. The summed E-state index contributed by atoms with van der Waals surface area (Å²) in [4.78, 5) is 37.4. The molecule has 1 aromatic heterocycles. The molecule has 2 heterocycles. The van der Waals surface area contributed by atoms with E-state index in [0.717, 1.165) is 5.56 Å². The molecule has 142 valence electrons. The number of halogens is 1. The van der Waals surface area contributed by atoms with Crippen LogP contribution < -0.4 is 5.56 Å². The van der Waals surface area contributed by atoms with Gasteiger partial charge in [0.1, 0.15) is 0 Å². The van der Waals surface area contributed by atoms with Crippen molar-refractivity contribution in [3.63, 3.8) is 0 Å².